The Kier molecular flexibility index (Phi) is 21.5. The van der Waals surface area contributed by atoms with Gasteiger partial charge >= 0.3 is 23.9 Å². The average molecular weight is 1200 g/mol. The third kappa shape index (κ3) is 16.4. The first-order valence-electron chi connectivity index (χ1n) is 28.2. The molecule has 22 heteroatoms. The van der Waals surface area contributed by atoms with Crippen LogP contribution >= 0.6 is 0 Å². The number of hydrogen-bond donors (Lipinski definition) is 6. The maximum Gasteiger partial charge on any atom is 0.337 e. The molecule has 6 N–H and O–H groups in total. The van der Waals surface area contributed by atoms with Crippen LogP contribution in [0.5, 0.6) is 0 Å². The van der Waals surface area contributed by atoms with Crippen LogP contribution in [0, 0.1) is 0 Å². The molecule has 4 heterocycles. The largest absolute Gasteiger partial charge is 0.478 e. The third-order valence-electron chi connectivity index (χ3n) is 15.1. The Balaban J connectivity index is 0.000000203. The molecule has 2 fully saturated rings. The van der Waals surface area contributed by atoms with Crippen LogP contribution in [0.1, 0.15) is 43.0 Å². The molecule has 6 aromatic rings. The number of aliphatic carboxylic acids is 2. The lowest BCUT2D eigenvalue weighted by atomic mass is 9.99. The molecular weight excluding hydrogens is 1120 g/mol. The van der Waals surface area contributed by atoms with Gasteiger partial charge in [0.25, 0.3) is 11.8 Å². The van der Waals surface area contributed by atoms with Gasteiger partial charge in [0.1, 0.15) is 0 Å². The molecule has 88 heavy (non-hydrogen) atoms. The van der Waals surface area contributed by atoms with E-state index in [1.54, 1.807) is 60.3 Å². The molecule has 4 amide bonds. The predicted octanol–water partition coefficient (Wildman–Crippen LogP) is 6.94. The first-order valence-corrected chi connectivity index (χ1v) is 28.2. The Morgan fingerprint density at radius 1 is 0.489 bits per heavy atom. The number of ether oxygens (including phenoxy) is 2. The van der Waals surface area contributed by atoms with Crippen molar-refractivity contribution in [2.75, 3.05) is 139 Å². The summed E-state index contributed by atoms with van der Waals surface area (Å²) in [5.41, 5.74) is 10.2. The van der Waals surface area contributed by atoms with E-state index in [2.05, 4.69) is 55.0 Å². The van der Waals surface area contributed by atoms with Gasteiger partial charge in [0, 0.05) is 112 Å². The Hall–Kier alpha value is -10.3. The van der Waals surface area contributed by atoms with Crippen molar-refractivity contribution in [1.82, 2.24) is 19.6 Å². The van der Waals surface area contributed by atoms with Gasteiger partial charge in [-0.25, -0.2) is 19.2 Å². The Bertz CT molecular complexity index is 3410. The molecule has 0 saturated carbocycles. The van der Waals surface area contributed by atoms with Gasteiger partial charge in [-0.15, -0.1) is 0 Å². The zero-order chi connectivity index (χ0) is 63.0. The van der Waals surface area contributed by atoms with E-state index < -0.39 is 23.9 Å². The van der Waals surface area contributed by atoms with Crippen LogP contribution in [0.15, 0.2) is 158 Å². The number of methoxy groups -OCH3 is 2. The number of carbonyl (C=O) groups is 8. The molecule has 0 radical (unpaired) electrons. The number of piperazine rings is 2. The number of carbonyl (C=O) groups excluding carboxylic acids is 6. The van der Waals surface area contributed by atoms with E-state index in [0.29, 0.717) is 81.4 Å². The minimum atomic E-state index is -1.26. The third-order valence-corrected chi connectivity index (χ3v) is 15.1. The summed E-state index contributed by atoms with van der Waals surface area (Å²) in [7, 11) is 10.4. The summed E-state index contributed by atoms with van der Waals surface area (Å²) in [5.74, 6) is -3.90. The second-order valence-electron chi connectivity index (χ2n) is 21.1. The highest BCUT2D eigenvalue weighted by molar-refractivity contribution is 6.38. The van der Waals surface area contributed by atoms with E-state index in [4.69, 9.17) is 19.7 Å². The van der Waals surface area contributed by atoms with E-state index >= 15 is 0 Å². The van der Waals surface area contributed by atoms with Gasteiger partial charge in [-0.3, -0.25) is 29.0 Å². The van der Waals surface area contributed by atoms with Gasteiger partial charge in [0.2, 0.25) is 11.8 Å². The van der Waals surface area contributed by atoms with Gasteiger partial charge in [-0.2, -0.15) is 0 Å². The van der Waals surface area contributed by atoms with E-state index in [1.807, 2.05) is 109 Å². The van der Waals surface area contributed by atoms with Gasteiger partial charge in [0.05, 0.1) is 72.4 Å². The fraction of sp³-hybridized carbons (Fsp3) is 0.242. The highest BCUT2D eigenvalue weighted by atomic mass is 16.5. The first kappa shape index (κ1) is 63.8. The number of nitrogens with one attached hydrogen (secondary N) is 4. The van der Waals surface area contributed by atoms with Crippen molar-refractivity contribution in [3.8, 4) is 0 Å². The van der Waals surface area contributed by atoms with E-state index in [0.717, 1.165) is 86.2 Å². The van der Waals surface area contributed by atoms with Crippen molar-refractivity contribution >= 4 is 104 Å². The average Bonchev–Trinajstić information content (AvgIpc) is 1.99. The normalized spacial score (nSPS) is 16.0. The standard InChI is InChI=1S/2C31H33N5O4.C4H4O4/c2*1-34-15-17-36(18-16-34)20-27(37)35(2)24-12-10-23(11-13-24)32-29(21-7-5-4-6-8-21)28-25-14-9-22(31(39)40-3)19-26(25)33-30(28)38;5-3(6)1-2-4(7)8/h2*4-14,19,32H,15-18,20H2,1-3H3,(H,33,38);1-2H,(H,5,6)(H,7,8)/b2*29-28-;2-1-. The highest BCUT2D eigenvalue weighted by Crippen LogP contribution is 2.40. The molecule has 0 unspecified atom stereocenters. The molecule has 0 aromatic heterocycles. The number of fused-ring (bicyclic) bond motifs is 2. The minimum Gasteiger partial charge on any atom is -0.478 e. The predicted molar refractivity (Wildman–Crippen MR) is 339 cm³/mol. The van der Waals surface area contributed by atoms with Crippen LogP contribution < -0.4 is 31.1 Å². The maximum absolute atomic E-state index is 13.2. The molecule has 0 atom stereocenters. The number of anilines is 6. The molecule has 6 aromatic carbocycles. The summed E-state index contributed by atoms with van der Waals surface area (Å²) >= 11 is 0. The molecule has 4 aliphatic rings. The van der Waals surface area contributed by atoms with Crippen LogP contribution in [0.2, 0.25) is 0 Å². The number of carboxylic acids is 2. The van der Waals surface area contributed by atoms with Crippen LogP contribution in [-0.2, 0) is 38.2 Å². The second kappa shape index (κ2) is 29.7. The number of rotatable bonds is 16. The fourth-order valence-corrected chi connectivity index (χ4v) is 9.96. The fourth-order valence-electron chi connectivity index (χ4n) is 9.96. The van der Waals surface area contributed by atoms with Gasteiger partial charge in [0.15, 0.2) is 0 Å². The van der Waals surface area contributed by atoms with Crippen LogP contribution in [-0.4, -0.2) is 185 Å². The maximum atomic E-state index is 13.2. The van der Waals surface area contributed by atoms with Crippen molar-refractivity contribution in [2.24, 2.45) is 0 Å². The van der Waals surface area contributed by atoms with Crippen LogP contribution in [0.25, 0.3) is 22.5 Å². The SMILES string of the molecule is COC(=O)c1ccc2c(c1)NC(=O)/C2=C(\Nc1ccc(N(C)C(=O)CN2CCN(C)CC2)cc1)c1ccccc1.COC(=O)c1ccc2c(c1)NC(=O)/C2=C(\Nc1ccc(N(C)C(=O)CN2CCN(C)CC2)cc1)c1ccccc1.O=C(O)/C=C\C(=O)O. The Morgan fingerprint density at radius 2 is 0.830 bits per heavy atom. The smallest absolute Gasteiger partial charge is 0.337 e. The van der Waals surface area contributed by atoms with Crippen LogP contribution in [0.4, 0.5) is 34.1 Å². The molecule has 456 valence electrons. The van der Waals surface area contributed by atoms with Gasteiger partial charge in [-0.05, 0) is 98.0 Å². The van der Waals surface area contributed by atoms with Crippen molar-refractivity contribution in [3.05, 3.63) is 191 Å². The molecule has 0 spiro atoms. The number of benzene rings is 6. The van der Waals surface area contributed by atoms with Gasteiger partial charge in [-0.1, -0.05) is 72.8 Å². The van der Waals surface area contributed by atoms with E-state index in [9.17, 15) is 38.4 Å². The van der Waals surface area contributed by atoms with E-state index in [-0.39, 0.29) is 23.6 Å². The number of esters is 2. The Morgan fingerprint density at radius 3 is 1.15 bits per heavy atom. The molecule has 0 aliphatic carbocycles. The summed E-state index contributed by atoms with van der Waals surface area (Å²) in [4.78, 5) is 108. The minimum absolute atomic E-state index is 0.0444. The monoisotopic (exact) mass is 1190 g/mol. The molecule has 22 nitrogen and oxygen atoms in total. The number of hydrogen-bond acceptors (Lipinski definition) is 16. The summed E-state index contributed by atoms with van der Waals surface area (Å²) in [6, 6.07) is 44.4. The lowest BCUT2D eigenvalue weighted by Crippen LogP contribution is -2.48. The topological polar surface area (TPSA) is 263 Å². The number of likely N-dealkylation sites (N-methyl/N-ethyl adjacent to an activating group) is 4. The van der Waals surface area contributed by atoms with Crippen molar-refractivity contribution in [1.29, 1.82) is 0 Å². The highest BCUT2D eigenvalue weighted by Gasteiger charge is 2.32. The summed E-state index contributed by atoms with van der Waals surface area (Å²) < 4.78 is 9.65. The molecular formula is C66H70N10O12. The van der Waals surface area contributed by atoms with Crippen LogP contribution in [0.3, 0.4) is 0 Å². The molecule has 10 rings (SSSR count). The Labute approximate surface area is 509 Å². The van der Waals surface area contributed by atoms with Crippen molar-refractivity contribution < 1.29 is 58.0 Å². The summed E-state index contributed by atoms with van der Waals surface area (Å²) in [6.07, 6.45) is 1.12. The molecule has 2 saturated heterocycles. The number of nitrogens with zero attached hydrogens (tertiary/aromatic N) is 6. The number of amides is 4. The van der Waals surface area contributed by atoms with E-state index in [1.165, 1.54) is 14.2 Å². The lowest BCUT2D eigenvalue weighted by Gasteiger charge is -2.32. The van der Waals surface area contributed by atoms with Crippen molar-refractivity contribution in [2.45, 2.75) is 0 Å². The molecule has 0 bridgehead atoms. The van der Waals surface area contributed by atoms with Gasteiger partial charge < -0.3 is 60.6 Å². The zero-order valence-corrected chi connectivity index (χ0v) is 49.7. The zero-order valence-electron chi connectivity index (χ0n) is 49.7. The summed E-state index contributed by atoms with van der Waals surface area (Å²) in [6.45, 7) is 8.18. The second-order valence-corrected chi connectivity index (χ2v) is 21.1. The first-order chi connectivity index (χ1) is 42.3. The quantitative estimate of drug-likeness (QED) is 0.0423. The number of carboxylic acid groups (broad SMARTS) is 2. The summed E-state index contributed by atoms with van der Waals surface area (Å²) in [5, 5.41) is 28.3. The lowest BCUT2D eigenvalue weighted by molar-refractivity contribution is -0.134. The molecule has 4 aliphatic heterocycles. The van der Waals surface area contributed by atoms with Crippen molar-refractivity contribution in [3.63, 3.8) is 0 Å².